The number of rotatable bonds is 1. The van der Waals surface area contributed by atoms with E-state index in [2.05, 4.69) is 16.4 Å². The first-order valence-electron chi connectivity index (χ1n) is 5.99. The van der Waals surface area contributed by atoms with E-state index < -0.39 is 0 Å². The van der Waals surface area contributed by atoms with Gasteiger partial charge in [0.2, 0.25) is 0 Å². The van der Waals surface area contributed by atoms with Crippen LogP contribution in [0.5, 0.6) is 0 Å². The number of pyridine rings is 1. The number of halogens is 2. The fourth-order valence-corrected chi connectivity index (χ4v) is 3.04. The van der Waals surface area contributed by atoms with Crippen LogP contribution in [0.3, 0.4) is 0 Å². The van der Waals surface area contributed by atoms with Gasteiger partial charge in [-0.1, -0.05) is 29.3 Å². The lowest BCUT2D eigenvalue weighted by atomic mass is 9.94. The molecule has 3 rings (SSSR count). The minimum absolute atomic E-state index is 0.379. The fourth-order valence-electron chi connectivity index (χ4n) is 2.78. The molecule has 1 fully saturated rings. The molecule has 1 saturated heterocycles. The Bertz CT molecular complexity index is 470. The molecule has 0 amide bonds. The molecule has 0 saturated carbocycles. The van der Waals surface area contributed by atoms with E-state index in [9.17, 15) is 0 Å². The third-order valence-corrected chi connectivity index (χ3v) is 4.35. The van der Waals surface area contributed by atoms with Crippen molar-refractivity contribution in [3.05, 3.63) is 34.1 Å². The van der Waals surface area contributed by atoms with Crippen LogP contribution in [-0.4, -0.2) is 17.6 Å². The second-order valence-corrected chi connectivity index (χ2v) is 5.52. The van der Waals surface area contributed by atoms with Crippen LogP contribution in [0.25, 0.3) is 5.57 Å². The number of nitrogens with zero attached hydrogens (tertiary/aromatic N) is 1. The molecule has 2 aliphatic rings. The summed E-state index contributed by atoms with van der Waals surface area (Å²) in [4.78, 5) is 4.11. The molecular weight excluding hydrogens is 255 g/mol. The first-order chi connectivity index (χ1) is 8.24. The van der Waals surface area contributed by atoms with Gasteiger partial charge in [0.25, 0.3) is 0 Å². The highest BCUT2D eigenvalue weighted by molar-refractivity contribution is 6.41. The standard InChI is InChI=1S/C13H14Cl2N2/c14-11-5-10(7-17-13(11)15)9-4-8-2-1-3-16-12(8)6-9/h4-5,7-8,12,16H,1-3,6H2/t8-,12+/m0/s1. The summed E-state index contributed by atoms with van der Waals surface area (Å²) in [5, 5.41) is 4.49. The topological polar surface area (TPSA) is 24.9 Å². The highest BCUT2D eigenvalue weighted by atomic mass is 35.5. The summed E-state index contributed by atoms with van der Waals surface area (Å²) in [5.41, 5.74) is 2.45. The Morgan fingerprint density at radius 1 is 1.35 bits per heavy atom. The molecule has 1 aliphatic carbocycles. The van der Waals surface area contributed by atoms with Crippen molar-refractivity contribution in [2.24, 2.45) is 5.92 Å². The van der Waals surface area contributed by atoms with Crippen LogP contribution >= 0.6 is 23.2 Å². The van der Waals surface area contributed by atoms with Gasteiger partial charge < -0.3 is 5.32 Å². The molecule has 2 nitrogen and oxygen atoms in total. The summed E-state index contributed by atoms with van der Waals surface area (Å²) in [6.07, 6.45) is 7.82. The summed E-state index contributed by atoms with van der Waals surface area (Å²) in [6, 6.07) is 2.52. The van der Waals surface area contributed by atoms with E-state index in [-0.39, 0.29) is 0 Å². The average Bonchev–Trinajstić information content (AvgIpc) is 2.76. The summed E-state index contributed by atoms with van der Waals surface area (Å²) in [5.74, 6) is 0.674. The zero-order chi connectivity index (χ0) is 11.8. The van der Waals surface area contributed by atoms with Crippen LogP contribution in [-0.2, 0) is 0 Å². The Labute approximate surface area is 111 Å². The van der Waals surface area contributed by atoms with E-state index in [1.165, 1.54) is 18.4 Å². The number of aromatic nitrogens is 1. The molecule has 0 bridgehead atoms. The lowest BCUT2D eigenvalue weighted by Gasteiger charge is -2.25. The van der Waals surface area contributed by atoms with Gasteiger partial charge in [0, 0.05) is 12.2 Å². The van der Waals surface area contributed by atoms with Gasteiger partial charge in [-0.25, -0.2) is 4.98 Å². The molecule has 1 aliphatic heterocycles. The van der Waals surface area contributed by atoms with Gasteiger partial charge in [0.05, 0.1) is 5.02 Å². The van der Waals surface area contributed by atoms with E-state index in [0.29, 0.717) is 22.1 Å². The molecule has 0 unspecified atom stereocenters. The maximum Gasteiger partial charge on any atom is 0.147 e. The van der Waals surface area contributed by atoms with Crippen LogP contribution < -0.4 is 5.32 Å². The molecule has 2 atom stereocenters. The van der Waals surface area contributed by atoms with Crippen LogP contribution in [0.2, 0.25) is 10.2 Å². The van der Waals surface area contributed by atoms with Crippen molar-refractivity contribution < 1.29 is 0 Å². The van der Waals surface area contributed by atoms with Crippen LogP contribution in [0.15, 0.2) is 18.3 Å². The normalized spacial score (nSPS) is 27.8. The first-order valence-corrected chi connectivity index (χ1v) is 6.75. The van der Waals surface area contributed by atoms with Crippen molar-refractivity contribution in [1.29, 1.82) is 0 Å². The molecule has 1 N–H and O–H groups in total. The molecule has 17 heavy (non-hydrogen) atoms. The lowest BCUT2D eigenvalue weighted by Crippen LogP contribution is -2.37. The summed E-state index contributed by atoms with van der Waals surface area (Å²) >= 11 is 11.8. The number of piperidine rings is 1. The number of hydrogen-bond donors (Lipinski definition) is 1. The van der Waals surface area contributed by atoms with Gasteiger partial charge in [-0.05, 0) is 48.9 Å². The SMILES string of the molecule is Clc1cc(C2=C[C@@H]3CCCN[C@@H]3C2)cnc1Cl. The van der Waals surface area contributed by atoms with Gasteiger partial charge in [-0.3, -0.25) is 0 Å². The maximum absolute atomic E-state index is 6.01. The lowest BCUT2D eigenvalue weighted by molar-refractivity contribution is 0.348. The van der Waals surface area contributed by atoms with Gasteiger partial charge >= 0.3 is 0 Å². The predicted molar refractivity (Wildman–Crippen MR) is 71.4 cm³/mol. The second kappa shape index (κ2) is 4.60. The van der Waals surface area contributed by atoms with E-state index in [0.717, 1.165) is 18.5 Å². The minimum Gasteiger partial charge on any atom is -0.313 e. The van der Waals surface area contributed by atoms with E-state index >= 15 is 0 Å². The number of hydrogen-bond acceptors (Lipinski definition) is 2. The molecule has 0 radical (unpaired) electrons. The second-order valence-electron chi connectivity index (χ2n) is 4.76. The Hall–Kier alpha value is -0.570. The smallest absolute Gasteiger partial charge is 0.147 e. The van der Waals surface area contributed by atoms with Crippen LogP contribution in [0.4, 0.5) is 0 Å². The van der Waals surface area contributed by atoms with E-state index in [1.807, 2.05) is 12.3 Å². The summed E-state index contributed by atoms with van der Waals surface area (Å²) < 4.78 is 0. The van der Waals surface area contributed by atoms with Crippen molar-refractivity contribution in [1.82, 2.24) is 10.3 Å². The van der Waals surface area contributed by atoms with E-state index in [4.69, 9.17) is 23.2 Å². The Balaban J connectivity index is 1.87. The monoisotopic (exact) mass is 268 g/mol. The molecular formula is C13H14Cl2N2. The molecule has 0 spiro atoms. The molecule has 0 aromatic carbocycles. The molecule has 4 heteroatoms. The molecule has 90 valence electrons. The maximum atomic E-state index is 6.01. The van der Waals surface area contributed by atoms with E-state index in [1.54, 1.807) is 0 Å². The van der Waals surface area contributed by atoms with Gasteiger partial charge in [-0.15, -0.1) is 0 Å². The van der Waals surface area contributed by atoms with Gasteiger partial charge in [0.15, 0.2) is 0 Å². The minimum atomic E-state index is 0.379. The van der Waals surface area contributed by atoms with Crippen molar-refractivity contribution in [3.8, 4) is 0 Å². The quantitative estimate of drug-likeness (QED) is 0.789. The van der Waals surface area contributed by atoms with Gasteiger partial charge in [-0.2, -0.15) is 0 Å². The fraction of sp³-hybridized carbons (Fsp3) is 0.462. The summed E-state index contributed by atoms with van der Waals surface area (Å²) in [7, 11) is 0. The largest absolute Gasteiger partial charge is 0.313 e. The third-order valence-electron chi connectivity index (χ3n) is 3.66. The highest BCUT2D eigenvalue weighted by Gasteiger charge is 2.30. The Kier molecular flexibility index (Phi) is 3.12. The average molecular weight is 269 g/mol. The molecule has 1 aromatic rings. The van der Waals surface area contributed by atoms with Crippen molar-refractivity contribution in [3.63, 3.8) is 0 Å². The Morgan fingerprint density at radius 2 is 2.24 bits per heavy atom. The highest BCUT2D eigenvalue weighted by Crippen LogP contribution is 2.36. The van der Waals surface area contributed by atoms with Gasteiger partial charge in [0.1, 0.15) is 5.15 Å². The Morgan fingerprint density at radius 3 is 3.00 bits per heavy atom. The molecule has 1 aromatic heterocycles. The van der Waals surface area contributed by atoms with Crippen molar-refractivity contribution >= 4 is 28.8 Å². The zero-order valence-corrected chi connectivity index (χ0v) is 10.9. The third kappa shape index (κ3) is 2.22. The predicted octanol–water partition coefficient (Wildman–Crippen LogP) is 3.54. The van der Waals surface area contributed by atoms with Crippen LogP contribution in [0, 0.1) is 5.92 Å². The summed E-state index contributed by atoms with van der Waals surface area (Å²) in [6.45, 7) is 1.14. The molecule has 2 heterocycles. The zero-order valence-electron chi connectivity index (χ0n) is 9.42. The number of fused-ring (bicyclic) bond motifs is 1. The number of nitrogens with one attached hydrogen (secondary N) is 1. The van der Waals surface area contributed by atoms with Crippen LogP contribution in [0.1, 0.15) is 24.8 Å². The van der Waals surface area contributed by atoms with Crippen molar-refractivity contribution in [2.75, 3.05) is 6.54 Å². The van der Waals surface area contributed by atoms with Crippen molar-refractivity contribution in [2.45, 2.75) is 25.3 Å². The first kappa shape index (κ1) is 11.5.